The number of methoxy groups -OCH3 is 1. The lowest BCUT2D eigenvalue weighted by atomic mass is 10.0. The molecule has 4 nitrogen and oxygen atoms in total. The van der Waals surface area contributed by atoms with E-state index in [1.54, 1.807) is 28.8 Å². The zero-order chi connectivity index (χ0) is 16.6. The summed E-state index contributed by atoms with van der Waals surface area (Å²) in [5, 5.41) is 1.00. The van der Waals surface area contributed by atoms with Gasteiger partial charge in [-0.25, -0.2) is 4.79 Å². The van der Waals surface area contributed by atoms with Crippen LogP contribution in [0.25, 0.3) is 0 Å². The third-order valence-corrected chi connectivity index (χ3v) is 4.81. The third-order valence-electron chi connectivity index (χ3n) is 4.10. The second kappa shape index (κ2) is 6.38. The lowest BCUT2D eigenvalue weighted by Gasteiger charge is -2.13. The number of halogens is 2. The predicted molar refractivity (Wildman–Crippen MR) is 89.6 cm³/mol. The van der Waals surface area contributed by atoms with Crippen molar-refractivity contribution in [2.24, 2.45) is 0 Å². The number of esters is 1. The highest BCUT2D eigenvalue weighted by Crippen LogP contribution is 2.27. The van der Waals surface area contributed by atoms with Crippen molar-refractivity contribution in [2.75, 3.05) is 7.11 Å². The van der Waals surface area contributed by atoms with Crippen molar-refractivity contribution in [3.63, 3.8) is 0 Å². The van der Waals surface area contributed by atoms with Crippen LogP contribution in [-0.2, 0) is 24.1 Å². The van der Waals surface area contributed by atoms with E-state index in [1.807, 2.05) is 0 Å². The maximum absolute atomic E-state index is 12.7. The number of carbonyl (C=O) groups excluding carboxylic acids is 1. The average Bonchev–Trinajstić information content (AvgIpc) is 3.02. The quantitative estimate of drug-likeness (QED) is 0.795. The molecule has 2 aromatic rings. The molecule has 0 spiro atoms. The van der Waals surface area contributed by atoms with Crippen LogP contribution in [-0.4, -0.2) is 17.6 Å². The molecule has 120 valence electrons. The monoisotopic (exact) mass is 351 g/mol. The summed E-state index contributed by atoms with van der Waals surface area (Å²) in [6.45, 7) is 0.613. The Kier molecular flexibility index (Phi) is 4.46. The van der Waals surface area contributed by atoms with Crippen LogP contribution >= 0.6 is 23.2 Å². The summed E-state index contributed by atoms with van der Waals surface area (Å²) in [7, 11) is 1.34. The number of hydrogen-bond acceptors (Lipinski definition) is 3. The van der Waals surface area contributed by atoms with Crippen molar-refractivity contribution < 1.29 is 9.53 Å². The Labute approximate surface area is 143 Å². The first-order chi connectivity index (χ1) is 11.0. The molecule has 2 heterocycles. The number of benzene rings is 1. The molecule has 3 rings (SSSR count). The van der Waals surface area contributed by atoms with E-state index in [4.69, 9.17) is 27.9 Å². The molecular formula is C17H15Cl2NO3. The topological polar surface area (TPSA) is 48.3 Å². The van der Waals surface area contributed by atoms with Crippen molar-refractivity contribution in [1.29, 1.82) is 0 Å². The van der Waals surface area contributed by atoms with Gasteiger partial charge in [0, 0.05) is 34.3 Å². The molecule has 0 amide bonds. The van der Waals surface area contributed by atoms with Gasteiger partial charge in [0.1, 0.15) is 0 Å². The Morgan fingerprint density at radius 3 is 2.65 bits per heavy atom. The van der Waals surface area contributed by atoms with E-state index in [2.05, 4.69) is 0 Å². The number of fused-ring (bicyclic) bond motifs is 1. The van der Waals surface area contributed by atoms with Gasteiger partial charge in [-0.2, -0.15) is 0 Å². The molecule has 0 saturated heterocycles. The van der Waals surface area contributed by atoms with Gasteiger partial charge >= 0.3 is 5.97 Å². The number of pyridine rings is 1. The fraction of sp³-hybridized carbons (Fsp3) is 0.294. The first-order valence-electron chi connectivity index (χ1n) is 7.29. The Bertz CT molecular complexity index is 822. The standard InChI is InChI=1S/C17H15Cl2NO3/c1-23-17(22)12-9-10(16(21)20-7-3-6-15(12)20)8-11-13(18)4-2-5-14(11)19/h2,4-5,9H,3,6-8H2,1H3. The van der Waals surface area contributed by atoms with Crippen molar-refractivity contribution in [3.05, 3.63) is 67.0 Å². The lowest BCUT2D eigenvalue weighted by Crippen LogP contribution is -2.26. The summed E-state index contributed by atoms with van der Waals surface area (Å²) in [6, 6.07) is 6.83. The molecule has 1 aromatic heterocycles. The van der Waals surface area contributed by atoms with E-state index in [1.165, 1.54) is 7.11 Å². The van der Waals surface area contributed by atoms with Crippen LogP contribution in [0.4, 0.5) is 0 Å². The normalized spacial score (nSPS) is 13.0. The van der Waals surface area contributed by atoms with Crippen LogP contribution in [0.1, 0.15) is 33.6 Å². The molecular weight excluding hydrogens is 337 g/mol. The summed E-state index contributed by atoms with van der Waals surface area (Å²) >= 11 is 12.4. The smallest absolute Gasteiger partial charge is 0.339 e. The van der Waals surface area contributed by atoms with E-state index in [0.717, 1.165) is 12.1 Å². The fourth-order valence-corrected chi connectivity index (χ4v) is 3.51. The molecule has 0 fully saturated rings. The van der Waals surface area contributed by atoms with Crippen LogP contribution in [0.15, 0.2) is 29.1 Å². The minimum absolute atomic E-state index is 0.0962. The van der Waals surface area contributed by atoms with Crippen molar-refractivity contribution in [3.8, 4) is 0 Å². The number of nitrogens with zero attached hydrogens (tertiary/aromatic N) is 1. The molecule has 1 aliphatic rings. The summed E-state index contributed by atoms with van der Waals surface area (Å²) in [5.74, 6) is -0.429. The van der Waals surface area contributed by atoms with E-state index < -0.39 is 5.97 Å². The Hall–Kier alpha value is -1.78. The van der Waals surface area contributed by atoms with Gasteiger partial charge in [-0.3, -0.25) is 4.79 Å². The molecule has 0 aliphatic carbocycles. The Morgan fingerprint density at radius 1 is 1.30 bits per heavy atom. The van der Waals surface area contributed by atoms with Crippen molar-refractivity contribution >= 4 is 29.2 Å². The third kappa shape index (κ3) is 2.89. The highest BCUT2D eigenvalue weighted by Gasteiger charge is 2.24. The highest BCUT2D eigenvalue weighted by atomic mass is 35.5. The van der Waals surface area contributed by atoms with Crippen LogP contribution in [0.5, 0.6) is 0 Å². The SMILES string of the molecule is COC(=O)c1cc(Cc2c(Cl)cccc2Cl)c(=O)n2c1CCC2. The van der Waals surface area contributed by atoms with Crippen LogP contribution in [0.2, 0.25) is 10.0 Å². The zero-order valence-electron chi connectivity index (χ0n) is 12.6. The van der Waals surface area contributed by atoms with Gasteiger partial charge in [0.15, 0.2) is 0 Å². The van der Waals surface area contributed by atoms with Gasteiger partial charge in [-0.15, -0.1) is 0 Å². The molecule has 0 atom stereocenters. The van der Waals surface area contributed by atoms with Crippen molar-refractivity contribution in [2.45, 2.75) is 25.8 Å². The van der Waals surface area contributed by atoms with Gasteiger partial charge in [-0.1, -0.05) is 29.3 Å². The minimum atomic E-state index is -0.429. The maximum Gasteiger partial charge on any atom is 0.339 e. The number of aromatic nitrogens is 1. The van der Waals surface area contributed by atoms with Gasteiger partial charge < -0.3 is 9.30 Å². The number of hydrogen-bond donors (Lipinski definition) is 0. The maximum atomic E-state index is 12.7. The largest absolute Gasteiger partial charge is 0.465 e. The molecule has 0 saturated carbocycles. The molecule has 1 aromatic carbocycles. The average molecular weight is 352 g/mol. The predicted octanol–water partition coefficient (Wildman–Crippen LogP) is 3.48. The zero-order valence-corrected chi connectivity index (χ0v) is 14.1. The summed E-state index contributed by atoms with van der Waals surface area (Å²) in [6.07, 6.45) is 1.82. The second-order valence-corrected chi connectivity index (χ2v) is 6.27. The Morgan fingerprint density at radius 2 is 2.00 bits per heavy atom. The van der Waals surface area contributed by atoms with E-state index in [0.29, 0.717) is 39.7 Å². The van der Waals surface area contributed by atoms with Gasteiger partial charge in [0.2, 0.25) is 0 Å². The molecule has 0 unspecified atom stereocenters. The molecule has 6 heteroatoms. The molecule has 0 radical (unpaired) electrons. The van der Waals surface area contributed by atoms with Crippen molar-refractivity contribution in [1.82, 2.24) is 4.57 Å². The second-order valence-electron chi connectivity index (χ2n) is 5.46. The first kappa shape index (κ1) is 16.1. The van der Waals surface area contributed by atoms with Crippen LogP contribution in [0, 0.1) is 0 Å². The first-order valence-corrected chi connectivity index (χ1v) is 8.05. The van der Waals surface area contributed by atoms with Gasteiger partial charge in [0.05, 0.1) is 12.7 Å². The minimum Gasteiger partial charge on any atom is -0.465 e. The molecule has 23 heavy (non-hydrogen) atoms. The molecule has 1 aliphatic heterocycles. The summed E-state index contributed by atoms with van der Waals surface area (Å²) in [4.78, 5) is 24.7. The molecule has 0 N–H and O–H groups in total. The van der Waals surface area contributed by atoms with Crippen LogP contribution in [0.3, 0.4) is 0 Å². The fourth-order valence-electron chi connectivity index (χ4n) is 2.98. The van der Waals surface area contributed by atoms with E-state index in [9.17, 15) is 9.59 Å². The number of rotatable bonds is 3. The summed E-state index contributed by atoms with van der Waals surface area (Å²) < 4.78 is 6.51. The Balaban J connectivity index is 2.13. The highest BCUT2D eigenvalue weighted by molar-refractivity contribution is 6.36. The van der Waals surface area contributed by atoms with E-state index in [-0.39, 0.29) is 12.0 Å². The number of carbonyl (C=O) groups is 1. The van der Waals surface area contributed by atoms with Crippen LogP contribution < -0.4 is 5.56 Å². The lowest BCUT2D eigenvalue weighted by molar-refractivity contribution is 0.0598. The summed E-state index contributed by atoms with van der Waals surface area (Å²) in [5.41, 5.74) is 2.27. The van der Waals surface area contributed by atoms with Gasteiger partial charge in [-0.05, 0) is 36.6 Å². The van der Waals surface area contributed by atoms with E-state index >= 15 is 0 Å². The molecule has 0 bridgehead atoms. The number of ether oxygens (including phenoxy) is 1. The van der Waals surface area contributed by atoms with Gasteiger partial charge in [0.25, 0.3) is 5.56 Å².